The van der Waals surface area contributed by atoms with Crippen LogP contribution in [0.2, 0.25) is 0 Å². The molecule has 1 amide bonds. The SMILES string of the molecule is Cc1cc(NC(=O)CC2CCCC2)n(-c2nc3ccccc3[nH]2)n1. The molecule has 1 saturated carbocycles. The molecule has 1 aliphatic carbocycles. The Hall–Kier alpha value is -2.63. The highest BCUT2D eigenvalue weighted by Crippen LogP contribution is 2.28. The molecule has 24 heavy (non-hydrogen) atoms. The molecule has 124 valence electrons. The van der Waals surface area contributed by atoms with Crippen LogP contribution in [0.5, 0.6) is 0 Å². The van der Waals surface area contributed by atoms with Gasteiger partial charge in [-0.05, 0) is 37.8 Å². The summed E-state index contributed by atoms with van der Waals surface area (Å²) in [6.07, 6.45) is 5.40. The second kappa shape index (κ2) is 6.11. The molecular weight excluding hydrogens is 302 g/mol. The fraction of sp³-hybridized carbons (Fsp3) is 0.389. The van der Waals surface area contributed by atoms with E-state index in [1.807, 2.05) is 37.3 Å². The summed E-state index contributed by atoms with van der Waals surface area (Å²) in [4.78, 5) is 20.2. The minimum atomic E-state index is 0.0548. The molecular formula is C18H21N5O. The molecule has 2 aromatic heterocycles. The van der Waals surface area contributed by atoms with E-state index >= 15 is 0 Å². The summed E-state index contributed by atoms with van der Waals surface area (Å²) in [6, 6.07) is 9.71. The quantitative estimate of drug-likeness (QED) is 0.770. The number of nitrogens with zero attached hydrogens (tertiary/aromatic N) is 3. The highest BCUT2D eigenvalue weighted by molar-refractivity contribution is 5.90. The molecule has 1 fully saturated rings. The number of carbonyl (C=O) groups excluding carboxylic acids is 1. The van der Waals surface area contributed by atoms with Crippen LogP contribution in [0.15, 0.2) is 30.3 Å². The van der Waals surface area contributed by atoms with Gasteiger partial charge in [0, 0.05) is 12.5 Å². The molecule has 2 heterocycles. The number of carbonyl (C=O) groups is 1. The van der Waals surface area contributed by atoms with Crippen LogP contribution >= 0.6 is 0 Å². The lowest BCUT2D eigenvalue weighted by Gasteiger charge is -2.10. The second-order valence-corrected chi connectivity index (χ2v) is 6.56. The third-order valence-corrected chi connectivity index (χ3v) is 4.63. The Morgan fingerprint density at radius 3 is 2.92 bits per heavy atom. The number of rotatable bonds is 4. The van der Waals surface area contributed by atoms with E-state index in [4.69, 9.17) is 0 Å². The average molecular weight is 323 g/mol. The van der Waals surface area contributed by atoms with Gasteiger partial charge >= 0.3 is 0 Å². The number of imidazole rings is 1. The van der Waals surface area contributed by atoms with E-state index in [1.165, 1.54) is 12.8 Å². The summed E-state index contributed by atoms with van der Waals surface area (Å²) >= 11 is 0. The van der Waals surface area contributed by atoms with Crippen molar-refractivity contribution in [1.29, 1.82) is 0 Å². The number of nitrogens with one attached hydrogen (secondary N) is 2. The van der Waals surface area contributed by atoms with Gasteiger partial charge in [0.15, 0.2) is 0 Å². The number of amides is 1. The van der Waals surface area contributed by atoms with Crippen LogP contribution in [-0.4, -0.2) is 25.7 Å². The van der Waals surface area contributed by atoms with Crippen molar-refractivity contribution in [3.63, 3.8) is 0 Å². The van der Waals surface area contributed by atoms with E-state index in [0.29, 0.717) is 24.1 Å². The average Bonchev–Trinajstić information content (AvgIpc) is 3.26. The van der Waals surface area contributed by atoms with Crippen molar-refractivity contribution in [3.8, 4) is 5.95 Å². The van der Waals surface area contributed by atoms with Gasteiger partial charge in [0.05, 0.1) is 16.7 Å². The Labute approximate surface area is 140 Å². The van der Waals surface area contributed by atoms with E-state index in [1.54, 1.807) is 4.68 Å². The first kappa shape index (κ1) is 14.9. The zero-order chi connectivity index (χ0) is 16.5. The number of para-hydroxylation sites is 2. The summed E-state index contributed by atoms with van der Waals surface area (Å²) in [7, 11) is 0. The molecule has 0 saturated heterocycles. The van der Waals surface area contributed by atoms with Crippen LogP contribution < -0.4 is 5.32 Å². The molecule has 4 rings (SSSR count). The Balaban J connectivity index is 1.58. The topological polar surface area (TPSA) is 75.6 Å². The zero-order valence-corrected chi connectivity index (χ0v) is 13.7. The van der Waals surface area contributed by atoms with Crippen LogP contribution in [-0.2, 0) is 4.79 Å². The van der Waals surface area contributed by atoms with Crippen molar-refractivity contribution < 1.29 is 4.79 Å². The smallest absolute Gasteiger partial charge is 0.231 e. The molecule has 1 aromatic carbocycles. The van der Waals surface area contributed by atoms with Gasteiger partial charge in [-0.1, -0.05) is 25.0 Å². The second-order valence-electron chi connectivity index (χ2n) is 6.56. The van der Waals surface area contributed by atoms with Crippen LogP contribution in [0.1, 0.15) is 37.8 Å². The molecule has 0 atom stereocenters. The first-order valence-electron chi connectivity index (χ1n) is 8.51. The molecule has 0 radical (unpaired) electrons. The maximum atomic E-state index is 12.4. The van der Waals surface area contributed by atoms with Gasteiger partial charge in [0.1, 0.15) is 5.82 Å². The van der Waals surface area contributed by atoms with Gasteiger partial charge in [-0.25, -0.2) is 4.98 Å². The standard InChI is InChI=1S/C18H21N5O/c1-12-10-16(21-17(24)11-13-6-2-3-7-13)23(22-12)18-19-14-8-4-5-9-15(14)20-18/h4-5,8-10,13H,2-3,6-7,11H2,1H3,(H,19,20)(H,21,24). The summed E-state index contributed by atoms with van der Waals surface area (Å²) in [5, 5.41) is 7.47. The Morgan fingerprint density at radius 1 is 1.33 bits per heavy atom. The minimum absolute atomic E-state index is 0.0548. The Morgan fingerprint density at radius 2 is 2.12 bits per heavy atom. The van der Waals surface area contributed by atoms with Crippen molar-refractivity contribution >= 4 is 22.8 Å². The maximum absolute atomic E-state index is 12.4. The van der Waals surface area contributed by atoms with Crippen molar-refractivity contribution in [1.82, 2.24) is 19.7 Å². The number of fused-ring (bicyclic) bond motifs is 1. The molecule has 2 N–H and O–H groups in total. The fourth-order valence-electron chi connectivity index (χ4n) is 3.46. The molecule has 1 aliphatic rings. The molecule has 0 unspecified atom stereocenters. The number of H-pyrrole nitrogens is 1. The molecule has 3 aromatic rings. The van der Waals surface area contributed by atoms with Gasteiger partial charge in [-0.2, -0.15) is 9.78 Å². The van der Waals surface area contributed by atoms with Crippen molar-refractivity contribution in [3.05, 3.63) is 36.0 Å². The summed E-state index contributed by atoms with van der Waals surface area (Å²) in [5.41, 5.74) is 2.67. The number of aromatic amines is 1. The van der Waals surface area contributed by atoms with E-state index in [0.717, 1.165) is 29.6 Å². The van der Waals surface area contributed by atoms with E-state index in [2.05, 4.69) is 20.4 Å². The molecule has 0 spiro atoms. The summed E-state index contributed by atoms with van der Waals surface area (Å²) < 4.78 is 1.67. The zero-order valence-electron chi connectivity index (χ0n) is 13.7. The summed E-state index contributed by atoms with van der Waals surface area (Å²) in [5.74, 6) is 1.85. The molecule has 6 heteroatoms. The molecule has 0 aliphatic heterocycles. The maximum Gasteiger partial charge on any atom is 0.231 e. The molecule has 0 bridgehead atoms. The lowest BCUT2D eigenvalue weighted by molar-refractivity contribution is -0.117. The van der Waals surface area contributed by atoms with Crippen LogP contribution in [0.3, 0.4) is 0 Å². The van der Waals surface area contributed by atoms with Gasteiger partial charge < -0.3 is 10.3 Å². The Bertz CT molecular complexity index is 840. The lowest BCUT2D eigenvalue weighted by Crippen LogP contribution is -2.17. The Kier molecular flexibility index (Phi) is 3.80. The van der Waals surface area contributed by atoms with Crippen LogP contribution in [0.25, 0.3) is 17.0 Å². The summed E-state index contributed by atoms with van der Waals surface area (Å²) in [6.45, 7) is 1.91. The third-order valence-electron chi connectivity index (χ3n) is 4.63. The number of hydrogen-bond acceptors (Lipinski definition) is 3. The first-order chi connectivity index (χ1) is 11.7. The highest BCUT2D eigenvalue weighted by atomic mass is 16.1. The van der Waals surface area contributed by atoms with E-state index in [-0.39, 0.29) is 5.91 Å². The normalized spacial score (nSPS) is 15.2. The lowest BCUT2D eigenvalue weighted by atomic mass is 10.0. The van der Waals surface area contributed by atoms with Crippen LogP contribution in [0.4, 0.5) is 5.82 Å². The monoisotopic (exact) mass is 323 g/mol. The number of aryl methyl sites for hydroxylation is 1. The van der Waals surface area contributed by atoms with Gasteiger partial charge in [0.2, 0.25) is 11.9 Å². The highest BCUT2D eigenvalue weighted by Gasteiger charge is 2.20. The van der Waals surface area contributed by atoms with Crippen molar-refractivity contribution in [2.45, 2.75) is 39.0 Å². The minimum Gasteiger partial charge on any atom is -0.322 e. The van der Waals surface area contributed by atoms with Crippen molar-refractivity contribution in [2.24, 2.45) is 5.92 Å². The van der Waals surface area contributed by atoms with Gasteiger partial charge in [0.25, 0.3) is 0 Å². The number of aromatic nitrogens is 4. The van der Waals surface area contributed by atoms with Crippen LogP contribution in [0, 0.1) is 12.8 Å². The third kappa shape index (κ3) is 2.91. The largest absolute Gasteiger partial charge is 0.322 e. The number of hydrogen-bond donors (Lipinski definition) is 2. The predicted octanol–water partition coefficient (Wildman–Crippen LogP) is 3.58. The van der Waals surface area contributed by atoms with Gasteiger partial charge in [-0.3, -0.25) is 4.79 Å². The molecule has 6 nitrogen and oxygen atoms in total. The van der Waals surface area contributed by atoms with E-state index < -0.39 is 0 Å². The van der Waals surface area contributed by atoms with Gasteiger partial charge in [-0.15, -0.1) is 0 Å². The number of benzene rings is 1. The predicted molar refractivity (Wildman–Crippen MR) is 93.2 cm³/mol. The van der Waals surface area contributed by atoms with Crippen molar-refractivity contribution in [2.75, 3.05) is 5.32 Å². The first-order valence-corrected chi connectivity index (χ1v) is 8.51. The number of anilines is 1. The fourth-order valence-corrected chi connectivity index (χ4v) is 3.46. The van der Waals surface area contributed by atoms with E-state index in [9.17, 15) is 4.79 Å².